The van der Waals surface area contributed by atoms with Crippen molar-refractivity contribution < 1.29 is 4.79 Å². The Morgan fingerprint density at radius 3 is 2.75 bits per heavy atom. The van der Waals surface area contributed by atoms with E-state index >= 15 is 0 Å². The lowest BCUT2D eigenvalue weighted by Gasteiger charge is -2.33. The smallest absolute Gasteiger partial charge is 0.178 e. The number of piperazine rings is 1. The molecule has 1 saturated heterocycles. The number of hydrogen-bond acceptors (Lipinski definition) is 6. The van der Waals surface area contributed by atoms with Crippen LogP contribution in [0.1, 0.15) is 12.2 Å². The fraction of sp³-hybridized carbons (Fsp3) is 0.538. The number of fused-ring (bicyclic) bond motifs is 1. The molecule has 7 nitrogen and oxygen atoms in total. The predicted octanol–water partition coefficient (Wildman–Crippen LogP) is 0.00760. The van der Waals surface area contributed by atoms with Crippen molar-refractivity contribution in [2.45, 2.75) is 12.8 Å². The minimum Gasteiger partial charge on any atom is -0.353 e. The number of likely N-dealkylation sites (N-methyl/N-ethyl adjacent to an activating group) is 1. The third-order valence-corrected chi connectivity index (χ3v) is 3.63. The van der Waals surface area contributed by atoms with E-state index in [4.69, 9.17) is 0 Å². The topological polar surface area (TPSA) is 66.6 Å². The summed E-state index contributed by atoms with van der Waals surface area (Å²) in [5.41, 5.74) is 0.726. The molecule has 0 aromatic carbocycles. The first-order chi connectivity index (χ1) is 9.78. The van der Waals surface area contributed by atoms with E-state index in [2.05, 4.69) is 32.1 Å². The normalized spacial score (nSPS) is 16.8. The summed E-state index contributed by atoms with van der Waals surface area (Å²) < 4.78 is 1.75. The van der Waals surface area contributed by atoms with E-state index in [0.29, 0.717) is 12.8 Å². The molecule has 0 saturated carbocycles. The number of aldehydes is 1. The van der Waals surface area contributed by atoms with Crippen molar-refractivity contribution in [3.05, 3.63) is 18.0 Å². The average molecular weight is 274 g/mol. The molecular weight excluding hydrogens is 256 g/mol. The molecule has 0 radical (unpaired) electrons. The van der Waals surface area contributed by atoms with Crippen LogP contribution in [0.15, 0.2) is 12.1 Å². The zero-order valence-corrected chi connectivity index (χ0v) is 11.6. The van der Waals surface area contributed by atoms with Crippen LogP contribution >= 0.6 is 0 Å². The number of carbonyl (C=O) groups excluding carboxylic acids is 1. The quantitative estimate of drug-likeness (QED) is 0.732. The van der Waals surface area contributed by atoms with Gasteiger partial charge in [0.05, 0.1) is 0 Å². The average Bonchev–Trinajstić information content (AvgIpc) is 2.88. The van der Waals surface area contributed by atoms with E-state index in [1.54, 1.807) is 4.52 Å². The van der Waals surface area contributed by atoms with Crippen molar-refractivity contribution in [1.82, 2.24) is 24.7 Å². The van der Waals surface area contributed by atoms with Crippen LogP contribution in [-0.4, -0.2) is 64.2 Å². The zero-order chi connectivity index (χ0) is 13.9. The summed E-state index contributed by atoms with van der Waals surface area (Å²) in [7, 11) is 2.13. The number of carbonyl (C=O) groups is 1. The Balaban J connectivity index is 1.86. The Kier molecular flexibility index (Phi) is 3.60. The molecular formula is C13H18N6O. The molecule has 1 aliphatic rings. The second-order valence-corrected chi connectivity index (χ2v) is 5.07. The maximum atomic E-state index is 10.5. The molecule has 0 atom stereocenters. The third kappa shape index (κ3) is 2.49. The van der Waals surface area contributed by atoms with Gasteiger partial charge in [-0.15, -0.1) is 15.3 Å². The van der Waals surface area contributed by atoms with E-state index < -0.39 is 0 Å². The van der Waals surface area contributed by atoms with Crippen molar-refractivity contribution in [3.63, 3.8) is 0 Å². The molecule has 2 aromatic rings. The van der Waals surface area contributed by atoms with Gasteiger partial charge in [-0.2, -0.15) is 4.52 Å². The van der Waals surface area contributed by atoms with Crippen molar-refractivity contribution >= 4 is 17.8 Å². The van der Waals surface area contributed by atoms with Crippen LogP contribution in [0, 0.1) is 0 Å². The van der Waals surface area contributed by atoms with Crippen molar-refractivity contribution in [2.24, 2.45) is 0 Å². The van der Waals surface area contributed by atoms with Crippen LogP contribution in [0.25, 0.3) is 5.65 Å². The van der Waals surface area contributed by atoms with Gasteiger partial charge in [-0.05, 0) is 19.2 Å². The second-order valence-electron chi connectivity index (χ2n) is 5.07. The Hall–Kier alpha value is -2.02. The largest absolute Gasteiger partial charge is 0.353 e. The number of anilines is 1. The van der Waals surface area contributed by atoms with E-state index in [-0.39, 0.29) is 0 Å². The van der Waals surface area contributed by atoms with Gasteiger partial charge in [0.1, 0.15) is 12.1 Å². The highest BCUT2D eigenvalue weighted by atomic mass is 16.1. The lowest BCUT2D eigenvalue weighted by atomic mass is 10.3. The maximum absolute atomic E-state index is 10.5. The number of aryl methyl sites for hydroxylation is 1. The van der Waals surface area contributed by atoms with Gasteiger partial charge in [-0.1, -0.05) is 0 Å². The van der Waals surface area contributed by atoms with Crippen LogP contribution < -0.4 is 4.90 Å². The molecule has 0 aliphatic carbocycles. The monoisotopic (exact) mass is 274 g/mol. The summed E-state index contributed by atoms with van der Waals surface area (Å²) in [4.78, 5) is 15.1. The first-order valence-electron chi connectivity index (χ1n) is 6.86. The molecule has 2 aromatic heterocycles. The first-order valence-corrected chi connectivity index (χ1v) is 6.86. The van der Waals surface area contributed by atoms with Gasteiger partial charge >= 0.3 is 0 Å². The van der Waals surface area contributed by atoms with E-state index in [9.17, 15) is 4.79 Å². The minimum atomic E-state index is 0.446. The summed E-state index contributed by atoms with van der Waals surface area (Å²) >= 11 is 0. The number of nitrogens with zero attached hydrogens (tertiary/aromatic N) is 6. The number of hydrogen-bond donors (Lipinski definition) is 0. The highest BCUT2D eigenvalue weighted by Crippen LogP contribution is 2.14. The molecule has 0 bridgehead atoms. The summed E-state index contributed by atoms with van der Waals surface area (Å²) in [6.07, 6.45) is 1.91. The minimum absolute atomic E-state index is 0.446. The van der Waals surface area contributed by atoms with Gasteiger partial charge in [0.15, 0.2) is 11.5 Å². The van der Waals surface area contributed by atoms with E-state index in [1.165, 1.54) is 0 Å². The summed E-state index contributed by atoms with van der Waals surface area (Å²) in [6, 6.07) is 3.91. The van der Waals surface area contributed by atoms with Crippen LogP contribution in [-0.2, 0) is 11.2 Å². The number of rotatable bonds is 4. The highest BCUT2D eigenvalue weighted by Gasteiger charge is 2.16. The van der Waals surface area contributed by atoms with Crippen molar-refractivity contribution in [2.75, 3.05) is 38.1 Å². The Labute approximate surface area is 117 Å². The molecule has 7 heteroatoms. The summed E-state index contributed by atoms with van der Waals surface area (Å²) in [5, 5.41) is 12.8. The van der Waals surface area contributed by atoms with Gasteiger partial charge < -0.3 is 14.6 Å². The standard InChI is InChI=1S/C13H18N6O/c1-17-6-8-18(9-7-17)13-5-4-12-15-14-11(3-2-10-20)19(12)16-13/h4-5,10H,2-3,6-9H2,1H3. The van der Waals surface area contributed by atoms with E-state index in [0.717, 1.165) is 49.8 Å². The molecule has 1 fully saturated rings. The molecule has 3 heterocycles. The molecule has 0 spiro atoms. The van der Waals surface area contributed by atoms with Crippen molar-refractivity contribution in [3.8, 4) is 0 Å². The lowest BCUT2D eigenvalue weighted by molar-refractivity contribution is -0.107. The Bertz CT molecular complexity index is 602. The maximum Gasteiger partial charge on any atom is 0.178 e. The molecule has 0 amide bonds. The molecule has 20 heavy (non-hydrogen) atoms. The van der Waals surface area contributed by atoms with Crippen molar-refractivity contribution in [1.29, 1.82) is 0 Å². The van der Waals surface area contributed by atoms with Gasteiger partial charge in [-0.3, -0.25) is 0 Å². The zero-order valence-electron chi connectivity index (χ0n) is 11.6. The van der Waals surface area contributed by atoms with Crippen LogP contribution in [0.2, 0.25) is 0 Å². The molecule has 1 aliphatic heterocycles. The van der Waals surface area contributed by atoms with Gasteiger partial charge in [0, 0.05) is 39.0 Å². The lowest BCUT2D eigenvalue weighted by Crippen LogP contribution is -2.45. The molecule has 0 N–H and O–H groups in total. The Morgan fingerprint density at radius 2 is 2.00 bits per heavy atom. The SMILES string of the molecule is CN1CCN(c2ccc3nnc(CCC=O)n3n2)CC1. The predicted molar refractivity (Wildman–Crippen MR) is 74.9 cm³/mol. The highest BCUT2D eigenvalue weighted by molar-refractivity contribution is 5.50. The first kappa shape index (κ1) is 13.0. The Morgan fingerprint density at radius 1 is 1.20 bits per heavy atom. The molecule has 3 rings (SSSR count). The van der Waals surface area contributed by atoms with Gasteiger partial charge in [0.2, 0.25) is 0 Å². The summed E-state index contributed by atoms with van der Waals surface area (Å²) in [6.45, 7) is 4.03. The van der Waals surface area contributed by atoms with Crippen LogP contribution in [0.3, 0.4) is 0 Å². The van der Waals surface area contributed by atoms with Crippen LogP contribution in [0.4, 0.5) is 5.82 Å². The number of aromatic nitrogens is 4. The fourth-order valence-corrected chi connectivity index (χ4v) is 2.37. The van der Waals surface area contributed by atoms with E-state index in [1.807, 2.05) is 12.1 Å². The molecule has 0 unspecified atom stereocenters. The fourth-order valence-electron chi connectivity index (χ4n) is 2.37. The van der Waals surface area contributed by atoms with Gasteiger partial charge in [0.25, 0.3) is 0 Å². The summed E-state index contributed by atoms with van der Waals surface area (Å²) in [5.74, 6) is 1.68. The van der Waals surface area contributed by atoms with Crippen LogP contribution in [0.5, 0.6) is 0 Å². The third-order valence-electron chi connectivity index (χ3n) is 3.63. The van der Waals surface area contributed by atoms with Gasteiger partial charge in [-0.25, -0.2) is 0 Å². The second kappa shape index (κ2) is 5.54. The molecule has 106 valence electrons.